The molecule has 1 N–H and O–H groups in total. The maximum atomic E-state index is 12.4. The van der Waals surface area contributed by atoms with E-state index in [1.165, 1.54) is 5.56 Å². The first-order valence-electron chi connectivity index (χ1n) is 8.25. The number of nitrogens with zero attached hydrogens (tertiary/aromatic N) is 3. The van der Waals surface area contributed by atoms with Crippen molar-refractivity contribution in [3.8, 4) is 0 Å². The van der Waals surface area contributed by atoms with Crippen LogP contribution >= 0.6 is 0 Å². The molecule has 0 aromatic heterocycles. The summed E-state index contributed by atoms with van der Waals surface area (Å²) in [4.78, 5) is 18.7. The third-order valence-corrected chi connectivity index (χ3v) is 4.53. The van der Waals surface area contributed by atoms with Crippen molar-refractivity contribution in [2.45, 2.75) is 26.4 Å². The van der Waals surface area contributed by atoms with E-state index in [2.05, 4.69) is 48.3 Å². The predicted molar refractivity (Wildman–Crippen MR) is 89.2 cm³/mol. The molecule has 2 amide bonds. The van der Waals surface area contributed by atoms with Crippen LogP contribution in [0.3, 0.4) is 0 Å². The van der Waals surface area contributed by atoms with Crippen LogP contribution in [0.5, 0.6) is 0 Å². The van der Waals surface area contributed by atoms with Crippen molar-refractivity contribution >= 4 is 11.7 Å². The van der Waals surface area contributed by atoms with E-state index in [-0.39, 0.29) is 12.1 Å². The van der Waals surface area contributed by atoms with Crippen molar-refractivity contribution in [1.82, 2.24) is 15.1 Å². The molecule has 0 aliphatic carbocycles. The van der Waals surface area contributed by atoms with Gasteiger partial charge in [-0.15, -0.1) is 0 Å². The fourth-order valence-corrected chi connectivity index (χ4v) is 3.18. The fourth-order valence-electron chi connectivity index (χ4n) is 3.18. The third-order valence-electron chi connectivity index (χ3n) is 4.53. The molecule has 0 radical (unpaired) electrons. The molecule has 0 bridgehead atoms. The standard InChI is InChI=1S/C17H26N4O/c1-14(2)20-11-12-21(17(20)22)16-5-3-15(4-6-16)13-19-9-7-18-8-10-19/h3-6,14,18H,7-13H2,1-2H3. The monoisotopic (exact) mass is 302 g/mol. The topological polar surface area (TPSA) is 38.8 Å². The number of hydrogen-bond donors (Lipinski definition) is 1. The number of amides is 2. The molecule has 2 aliphatic rings. The molecule has 1 aromatic carbocycles. The first-order valence-corrected chi connectivity index (χ1v) is 8.25. The molecule has 1 aromatic rings. The van der Waals surface area contributed by atoms with Crippen molar-refractivity contribution in [3.63, 3.8) is 0 Å². The zero-order valence-electron chi connectivity index (χ0n) is 13.6. The summed E-state index contributed by atoms with van der Waals surface area (Å²) in [6.45, 7) is 11.1. The number of benzene rings is 1. The lowest BCUT2D eigenvalue weighted by molar-refractivity contribution is 0.209. The maximum Gasteiger partial charge on any atom is 0.324 e. The number of piperazine rings is 1. The minimum absolute atomic E-state index is 0.129. The van der Waals surface area contributed by atoms with Gasteiger partial charge in [0.15, 0.2) is 0 Å². The Balaban J connectivity index is 1.63. The summed E-state index contributed by atoms with van der Waals surface area (Å²) in [5, 5.41) is 3.37. The molecule has 22 heavy (non-hydrogen) atoms. The highest BCUT2D eigenvalue weighted by molar-refractivity contribution is 5.94. The van der Waals surface area contributed by atoms with E-state index >= 15 is 0 Å². The van der Waals surface area contributed by atoms with Gasteiger partial charge in [0.2, 0.25) is 0 Å². The molecule has 2 fully saturated rings. The number of carbonyl (C=O) groups excluding carboxylic acids is 1. The summed E-state index contributed by atoms with van der Waals surface area (Å²) in [7, 11) is 0. The van der Waals surface area contributed by atoms with Crippen LogP contribution in [0, 0.1) is 0 Å². The highest BCUT2D eigenvalue weighted by atomic mass is 16.2. The highest BCUT2D eigenvalue weighted by Crippen LogP contribution is 2.22. The lowest BCUT2D eigenvalue weighted by Crippen LogP contribution is -2.42. The minimum Gasteiger partial charge on any atom is -0.320 e. The average Bonchev–Trinajstić information content (AvgIpc) is 2.91. The molecule has 120 valence electrons. The van der Waals surface area contributed by atoms with Gasteiger partial charge in [0.05, 0.1) is 0 Å². The van der Waals surface area contributed by atoms with E-state index in [0.717, 1.165) is 51.5 Å². The Labute approximate surface area is 132 Å². The van der Waals surface area contributed by atoms with Crippen molar-refractivity contribution in [2.75, 3.05) is 44.2 Å². The Kier molecular flexibility index (Phi) is 4.64. The van der Waals surface area contributed by atoms with Crippen LogP contribution in [0.1, 0.15) is 19.4 Å². The minimum atomic E-state index is 0.129. The van der Waals surface area contributed by atoms with Gasteiger partial charge in [-0.3, -0.25) is 9.80 Å². The number of nitrogens with one attached hydrogen (secondary N) is 1. The normalized spacial score (nSPS) is 20.2. The molecular formula is C17H26N4O. The van der Waals surface area contributed by atoms with Gasteiger partial charge in [0.25, 0.3) is 0 Å². The smallest absolute Gasteiger partial charge is 0.320 e. The number of anilines is 1. The van der Waals surface area contributed by atoms with Crippen LogP contribution < -0.4 is 10.2 Å². The second-order valence-corrected chi connectivity index (χ2v) is 6.41. The molecule has 2 aliphatic heterocycles. The van der Waals surface area contributed by atoms with E-state index in [0.29, 0.717) is 0 Å². The Hall–Kier alpha value is -1.59. The molecule has 5 nitrogen and oxygen atoms in total. The second kappa shape index (κ2) is 6.67. The van der Waals surface area contributed by atoms with Crippen molar-refractivity contribution < 1.29 is 4.79 Å². The van der Waals surface area contributed by atoms with Gasteiger partial charge in [-0.1, -0.05) is 12.1 Å². The van der Waals surface area contributed by atoms with Gasteiger partial charge in [-0.25, -0.2) is 4.79 Å². The SMILES string of the molecule is CC(C)N1CCN(c2ccc(CN3CCNCC3)cc2)C1=O. The number of rotatable bonds is 4. The largest absolute Gasteiger partial charge is 0.324 e. The predicted octanol–water partition coefficient (Wildman–Crippen LogP) is 1.74. The molecule has 0 atom stereocenters. The Morgan fingerprint density at radius 2 is 1.73 bits per heavy atom. The van der Waals surface area contributed by atoms with Gasteiger partial charge in [0, 0.05) is 57.5 Å². The lowest BCUT2D eigenvalue weighted by atomic mass is 10.1. The van der Waals surface area contributed by atoms with E-state index in [1.807, 2.05) is 9.80 Å². The molecule has 0 spiro atoms. The van der Waals surface area contributed by atoms with E-state index in [1.54, 1.807) is 0 Å². The zero-order chi connectivity index (χ0) is 15.5. The quantitative estimate of drug-likeness (QED) is 0.921. The first kappa shape index (κ1) is 15.3. The van der Waals surface area contributed by atoms with Crippen LogP contribution in [-0.2, 0) is 6.54 Å². The second-order valence-electron chi connectivity index (χ2n) is 6.41. The van der Waals surface area contributed by atoms with Crippen molar-refractivity contribution in [3.05, 3.63) is 29.8 Å². The molecule has 5 heteroatoms. The van der Waals surface area contributed by atoms with Gasteiger partial charge < -0.3 is 10.2 Å². The van der Waals surface area contributed by atoms with E-state index in [9.17, 15) is 4.79 Å². The first-order chi connectivity index (χ1) is 10.6. The van der Waals surface area contributed by atoms with Crippen LogP contribution in [0.25, 0.3) is 0 Å². The Morgan fingerprint density at radius 3 is 2.32 bits per heavy atom. The van der Waals surface area contributed by atoms with E-state index < -0.39 is 0 Å². The molecule has 0 unspecified atom stereocenters. The van der Waals surface area contributed by atoms with Crippen LogP contribution in [0.4, 0.5) is 10.5 Å². The van der Waals surface area contributed by atoms with E-state index in [4.69, 9.17) is 0 Å². The summed E-state index contributed by atoms with van der Waals surface area (Å²) < 4.78 is 0. The number of urea groups is 1. The van der Waals surface area contributed by atoms with Gasteiger partial charge >= 0.3 is 6.03 Å². The number of hydrogen-bond acceptors (Lipinski definition) is 3. The molecule has 0 saturated carbocycles. The lowest BCUT2D eigenvalue weighted by Gasteiger charge is -2.27. The molecule has 3 rings (SSSR count). The third kappa shape index (κ3) is 3.25. The Bertz CT molecular complexity index is 508. The zero-order valence-corrected chi connectivity index (χ0v) is 13.6. The van der Waals surface area contributed by atoms with Crippen LogP contribution in [0.2, 0.25) is 0 Å². The summed E-state index contributed by atoms with van der Waals surface area (Å²) in [6, 6.07) is 8.87. The Morgan fingerprint density at radius 1 is 1.05 bits per heavy atom. The van der Waals surface area contributed by atoms with Gasteiger partial charge in [0.1, 0.15) is 0 Å². The van der Waals surface area contributed by atoms with Crippen molar-refractivity contribution in [1.29, 1.82) is 0 Å². The number of carbonyl (C=O) groups is 1. The van der Waals surface area contributed by atoms with Gasteiger partial charge in [-0.2, -0.15) is 0 Å². The van der Waals surface area contributed by atoms with Gasteiger partial charge in [-0.05, 0) is 31.5 Å². The van der Waals surface area contributed by atoms with Crippen LogP contribution in [0.15, 0.2) is 24.3 Å². The summed E-state index contributed by atoms with van der Waals surface area (Å²) >= 11 is 0. The molecular weight excluding hydrogens is 276 g/mol. The summed E-state index contributed by atoms with van der Waals surface area (Å²) in [5.74, 6) is 0. The summed E-state index contributed by atoms with van der Waals surface area (Å²) in [6.07, 6.45) is 0. The fraction of sp³-hybridized carbons (Fsp3) is 0.588. The molecule has 2 heterocycles. The highest BCUT2D eigenvalue weighted by Gasteiger charge is 2.30. The maximum absolute atomic E-state index is 12.4. The molecule has 2 saturated heterocycles. The summed E-state index contributed by atoms with van der Waals surface area (Å²) in [5.41, 5.74) is 2.33. The average molecular weight is 302 g/mol. The van der Waals surface area contributed by atoms with Crippen molar-refractivity contribution in [2.24, 2.45) is 0 Å². The van der Waals surface area contributed by atoms with Crippen LogP contribution in [-0.4, -0.2) is 61.1 Å².